The molecule has 0 rings (SSSR count). The summed E-state index contributed by atoms with van der Waals surface area (Å²) in [6.45, 7) is 4.50. The molecule has 0 aromatic heterocycles. The van der Waals surface area contributed by atoms with Crippen molar-refractivity contribution in [3.8, 4) is 0 Å². The largest absolute Gasteiger partial charge is 0.479 e. The molecule has 0 spiro atoms. The molecule has 0 aliphatic rings. The number of carboxylic acid groups (broad SMARTS) is 1. The van der Waals surface area contributed by atoms with Gasteiger partial charge in [-0.15, -0.1) is 0 Å². The van der Waals surface area contributed by atoms with E-state index in [4.69, 9.17) is 9.84 Å². The first-order chi connectivity index (χ1) is 13.2. The lowest BCUT2D eigenvalue weighted by atomic mass is 10.2. The molecule has 28 heavy (non-hydrogen) atoms. The Labute approximate surface area is 172 Å². The van der Waals surface area contributed by atoms with Gasteiger partial charge in [0.05, 0.1) is 0 Å². The van der Waals surface area contributed by atoms with Crippen molar-refractivity contribution in [1.82, 2.24) is 6.15 Å². The average molecular weight is 392 g/mol. The van der Waals surface area contributed by atoms with Gasteiger partial charge in [0.1, 0.15) is 0 Å². The third kappa shape index (κ3) is 20.4. The monoisotopic (exact) mass is 391 g/mol. The zero-order valence-electron chi connectivity index (χ0n) is 17.9. The van der Waals surface area contributed by atoms with E-state index in [1.54, 1.807) is 0 Å². The molecule has 0 aromatic carbocycles. The van der Waals surface area contributed by atoms with Crippen LogP contribution in [-0.2, 0) is 9.53 Å². The normalized spacial score (nSPS) is 13.4. The highest BCUT2D eigenvalue weighted by molar-refractivity contribution is 5.72. The number of ether oxygens (including phenoxy) is 1. The highest BCUT2D eigenvalue weighted by Crippen LogP contribution is 2.03. The van der Waals surface area contributed by atoms with Gasteiger partial charge >= 0.3 is 5.97 Å². The summed E-state index contributed by atoms with van der Waals surface area (Å²) in [7, 11) is 0. The molecular weight excluding hydrogens is 350 g/mol. The smallest absolute Gasteiger partial charge is 0.332 e. The summed E-state index contributed by atoms with van der Waals surface area (Å²) < 4.78 is 5.33. The maximum atomic E-state index is 10.8. The zero-order chi connectivity index (χ0) is 20.0. The fourth-order valence-electron chi connectivity index (χ4n) is 2.32. The molecular formula is C24H41NO3. The van der Waals surface area contributed by atoms with Crippen LogP contribution < -0.4 is 6.15 Å². The molecule has 1 atom stereocenters. The van der Waals surface area contributed by atoms with Crippen molar-refractivity contribution in [2.75, 3.05) is 6.61 Å². The van der Waals surface area contributed by atoms with E-state index in [2.05, 4.69) is 67.7 Å². The van der Waals surface area contributed by atoms with Crippen LogP contribution in [-0.4, -0.2) is 23.8 Å². The molecule has 0 amide bonds. The van der Waals surface area contributed by atoms with Gasteiger partial charge in [0, 0.05) is 6.61 Å². The second-order valence-electron chi connectivity index (χ2n) is 6.31. The molecule has 0 radical (unpaired) electrons. The van der Waals surface area contributed by atoms with Gasteiger partial charge in [0.2, 0.25) is 0 Å². The third-order valence-corrected chi connectivity index (χ3v) is 3.89. The van der Waals surface area contributed by atoms with Crippen LogP contribution in [0.3, 0.4) is 0 Å². The molecule has 0 fully saturated rings. The Bertz CT molecular complexity index is 490. The lowest BCUT2D eigenvalue weighted by Gasteiger charge is -2.10. The van der Waals surface area contributed by atoms with Crippen LogP contribution in [0.5, 0.6) is 0 Å². The number of carbonyl (C=O) groups is 1. The fourth-order valence-corrected chi connectivity index (χ4v) is 2.32. The Morgan fingerprint density at radius 3 is 1.68 bits per heavy atom. The molecule has 0 heterocycles. The van der Waals surface area contributed by atoms with E-state index < -0.39 is 12.1 Å². The van der Waals surface area contributed by atoms with Crippen molar-refractivity contribution in [1.29, 1.82) is 0 Å². The van der Waals surface area contributed by atoms with Gasteiger partial charge in [-0.1, -0.05) is 74.6 Å². The van der Waals surface area contributed by atoms with Gasteiger partial charge in [-0.3, -0.25) is 0 Å². The lowest BCUT2D eigenvalue weighted by Crippen LogP contribution is -2.23. The van der Waals surface area contributed by atoms with Crippen molar-refractivity contribution in [3.63, 3.8) is 0 Å². The second kappa shape index (κ2) is 23.1. The Kier molecular flexibility index (Phi) is 23.4. The van der Waals surface area contributed by atoms with Crippen molar-refractivity contribution in [2.24, 2.45) is 0 Å². The minimum absolute atomic E-state index is 0. The van der Waals surface area contributed by atoms with E-state index >= 15 is 0 Å². The average Bonchev–Trinajstić information content (AvgIpc) is 2.66. The second-order valence-corrected chi connectivity index (χ2v) is 6.31. The van der Waals surface area contributed by atoms with Crippen LogP contribution in [0, 0.1) is 0 Å². The summed E-state index contributed by atoms with van der Waals surface area (Å²) in [4.78, 5) is 10.8. The SMILES string of the molecule is CCC=CCC=CCC=CCC=CCC=CCCCCOC(CC)C(=O)O.N. The quantitative estimate of drug-likeness (QED) is 0.208. The Balaban J connectivity index is 0. The number of aliphatic carboxylic acids is 1. The highest BCUT2D eigenvalue weighted by Gasteiger charge is 2.14. The molecule has 4 heteroatoms. The predicted molar refractivity (Wildman–Crippen MR) is 121 cm³/mol. The Morgan fingerprint density at radius 1 is 0.786 bits per heavy atom. The number of carboxylic acids is 1. The van der Waals surface area contributed by atoms with E-state index in [9.17, 15) is 4.79 Å². The summed E-state index contributed by atoms with van der Waals surface area (Å²) in [6.07, 6.45) is 29.9. The topological polar surface area (TPSA) is 81.5 Å². The van der Waals surface area contributed by atoms with Gasteiger partial charge in [0.25, 0.3) is 0 Å². The van der Waals surface area contributed by atoms with Crippen LogP contribution in [0.15, 0.2) is 60.8 Å². The number of rotatable bonds is 17. The zero-order valence-corrected chi connectivity index (χ0v) is 17.9. The van der Waals surface area contributed by atoms with Gasteiger partial charge < -0.3 is 16.0 Å². The van der Waals surface area contributed by atoms with Crippen LogP contribution in [0.2, 0.25) is 0 Å². The van der Waals surface area contributed by atoms with E-state index in [1.165, 1.54) is 0 Å². The minimum Gasteiger partial charge on any atom is -0.479 e. The van der Waals surface area contributed by atoms with Gasteiger partial charge in [0.15, 0.2) is 6.10 Å². The highest BCUT2D eigenvalue weighted by atomic mass is 16.5. The van der Waals surface area contributed by atoms with E-state index in [0.29, 0.717) is 13.0 Å². The van der Waals surface area contributed by atoms with Crippen molar-refractivity contribution < 1.29 is 14.6 Å². The summed E-state index contributed by atoms with van der Waals surface area (Å²) in [5.74, 6) is -0.865. The molecule has 160 valence electrons. The van der Waals surface area contributed by atoms with Gasteiger partial charge in [-0.25, -0.2) is 4.79 Å². The molecule has 0 bridgehead atoms. The minimum atomic E-state index is -0.865. The summed E-state index contributed by atoms with van der Waals surface area (Å²) in [5.41, 5.74) is 0. The first-order valence-corrected chi connectivity index (χ1v) is 10.3. The van der Waals surface area contributed by atoms with Crippen LogP contribution >= 0.6 is 0 Å². The first kappa shape index (κ1) is 28.3. The Hall–Kier alpha value is -1.91. The van der Waals surface area contributed by atoms with Crippen LogP contribution in [0.4, 0.5) is 0 Å². The Morgan fingerprint density at radius 2 is 1.25 bits per heavy atom. The summed E-state index contributed by atoms with van der Waals surface area (Å²) in [6, 6.07) is 0. The molecule has 4 nitrogen and oxygen atoms in total. The molecule has 0 aliphatic carbocycles. The standard InChI is InChI=1S/C24H38O3.H3N/c1-3-5-6-7-8-9-10-11-12-13-14-15-16-17-18-19-20-21-22-27-23(4-2)24(25)26;/h5-6,8-9,11-12,14-15,17-18,23H,3-4,7,10,13,16,19-22H2,1-2H3,(H,25,26);1H3. The van der Waals surface area contributed by atoms with E-state index in [1.807, 2.05) is 6.92 Å². The number of hydrogen-bond acceptors (Lipinski definition) is 3. The van der Waals surface area contributed by atoms with Crippen LogP contribution in [0.1, 0.15) is 71.6 Å². The molecule has 4 N–H and O–H groups in total. The third-order valence-electron chi connectivity index (χ3n) is 3.89. The summed E-state index contributed by atoms with van der Waals surface area (Å²) in [5, 5.41) is 8.87. The van der Waals surface area contributed by atoms with E-state index in [-0.39, 0.29) is 6.15 Å². The van der Waals surface area contributed by atoms with Crippen molar-refractivity contribution in [2.45, 2.75) is 77.7 Å². The summed E-state index contributed by atoms with van der Waals surface area (Å²) >= 11 is 0. The number of allylic oxidation sites excluding steroid dienone is 10. The number of hydrogen-bond donors (Lipinski definition) is 2. The number of unbranched alkanes of at least 4 members (excludes halogenated alkanes) is 2. The maximum Gasteiger partial charge on any atom is 0.332 e. The lowest BCUT2D eigenvalue weighted by molar-refractivity contribution is -0.150. The maximum absolute atomic E-state index is 10.8. The van der Waals surface area contributed by atoms with E-state index in [0.717, 1.165) is 51.4 Å². The molecule has 0 saturated carbocycles. The molecule has 0 aliphatic heterocycles. The molecule has 1 unspecified atom stereocenters. The molecule has 0 saturated heterocycles. The molecule has 0 aromatic rings. The first-order valence-electron chi connectivity index (χ1n) is 10.3. The predicted octanol–water partition coefficient (Wildman–Crippen LogP) is 6.95. The fraction of sp³-hybridized carbons (Fsp3) is 0.542. The van der Waals surface area contributed by atoms with Crippen LogP contribution in [0.25, 0.3) is 0 Å². The van der Waals surface area contributed by atoms with Crippen molar-refractivity contribution >= 4 is 5.97 Å². The van der Waals surface area contributed by atoms with Gasteiger partial charge in [-0.2, -0.15) is 0 Å². The van der Waals surface area contributed by atoms with Gasteiger partial charge in [-0.05, 0) is 57.8 Å². The van der Waals surface area contributed by atoms with Crippen molar-refractivity contribution in [3.05, 3.63) is 60.8 Å².